The second-order valence-corrected chi connectivity index (χ2v) is 8.44. The third kappa shape index (κ3) is 5.49. The SMILES string of the molecule is CCn1c(N)c(CN)c(=O)c2cnc(Nc3ccc(N4CCN(CCC(F)(F)F)CC4)cc3)nc21. The van der Waals surface area contributed by atoms with Crippen molar-refractivity contribution in [3.8, 4) is 0 Å². The van der Waals surface area contributed by atoms with Crippen molar-refractivity contribution < 1.29 is 13.2 Å². The summed E-state index contributed by atoms with van der Waals surface area (Å²) in [4.78, 5) is 25.5. The maximum Gasteiger partial charge on any atom is 0.390 e. The fourth-order valence-corrected chi connectivity index (χ4v) is 4.27. The number of hydrogen-bond acceptors (Lipinski definition) is 8. The number of nitrogens with zero attached hydrogens (tertiary/aromatic N) is 5. The van der Waals surface area contributed by atoms with Crippen molar-refractivity contribution in [2.24, 2.45) is 5.73 Å². The molecular formula is C23H29F3N8O. The molecule has 35 heavy (non-hydrogen) atoms. The Morgan fingerprint density at radius 2 is 1.80 bits per heavy atom. The van der Waals surface area contributed by atoms with E-state index in [2.05, 4.69) is 20.2 Å². The van der Waals surface area contributed by atoms with Gasteiger partial charge in [0, 0.05) is 63.4 Å². The summed E-state index contributed by atoms with van der Waals surface area (Å²) in [6.45, 7) is 5.02. The lowest BCUT2D eigenvalue weighted by Crippen LogP contribution is -2.47. The number of anilines is 4. The van der Waals surface area contributed by atoms with Gasteiger partial charge in [0.1, 0.15) is 5.82 Å². The van der Waals surface area contributed by atoms with Gasteiger partial charge in [0.2, 0.25) is 5.95 Å². The number of rotatable bonds is 7. The Labute approximate surface area is 200 Å². The minimum atomic E-state index is -4.12. The van der Waals surface area contributed by atoms with Gasteiger partial charge in [-0.05, 0) is 31.2 Å². The molecule has 12 heteroatoms. The summed E-state index contributed by atoms with van der Waals surface area (Å²) in [7, 11) is 0. The summed E-state index contributed by atoms with van der Waals surface area (Å²) in [5, 5.41) is 3.50. The summed E-state index contributed by atoms with van der Waals surface area (Å²) >= 11 is 0. The summed E-state index contributed by atoms with van der Waals surface area (Å²) in [5.74, 6) is 0.630. The molecule has 0 saturated carbocycles. The molecule has 0 aliphatic carbocycles. The fourth-order valence-electron chi connectivity index (χ4n) is 4.27. The first-order valence-corrected chi connectivity index (χ1v) is 11.5. The lowest BCUT2D eigenvalue weighted by atomic mass is 10.2. The number of hydrogen-bond donors (Lipinski definition) is 3. The molecule has 0 atom stereocenters. The molecular weight excluding hydrogens is 461 g/mol. The van der Waals surface area contributed by atoms with Crippen LogP contribution in [0.1, 0.15) is 18.9 Å². The first kappa shape index (κ1) is 24.7. The van der Waals surface area contributed by atoms with Crippen molar-refractivity contribution in [2.75, 3.05) is 48.7 Å². The van der Waals surface area contributed by atoms with Crippen LogP contribution in [0, 0.1) is 0 Å². The van der Waals surface area contributed by atoms with Gasteiger partial charge in [-0.15, -0.1) is 0 Å². The van der Waals surface area contributed by atoms with Gasteiger partial charge in [-0.1, -0.05) is 0 Å². The largest absolute Gasteiger partial charge is 0.390 e. The monoisotopic (exact) mass is 490 g/mol. The van der Waals surface area contributed by atoms with Crippen molar-refractivity contribution in [3.63, 3.8) is 0 Å². The number of piperazine rings is 1. The van der Waals surface area contributed by atoms with E-state index in [0.29, 0.717) is 61.1 Å². The molecule has 0 unspecified atom stereocenters. The molecule has 0 amide bonds. The zero-order valence-corrected chi connectivity index (χ0v) is 19.5. The third-order valence-corrected chi connectivity index (χ3v) is 6.24. The molecule has 1 aromatic carbocycles. The standard InChI is InChI=1S/C23H29F3N8O/c1-2-34-20(28)17(13-27)19(35)18-14-29-22(31-21(18)34)30-15-3-5-16(6-4-15)33-11-9-32(10-12-33)8-7-23(24,25)26/h3-6,14H,2,7-13,27-28H2,1H3,(H,29,30,31). The molecule has 1 saturated heterocycles. The maximum atomic E-state index is 12.7. The van der Waals surface area contributed by atoms with E-state index in [9.17, 15) is 18.0 Å². The van der Waals surface area contributed by atoms with E-state index in [1.165, 1.54) is 6.20 Å². The van der Waals surface area contributed by atoms with Gasteiger partial charge in [0.25, 0.3) is 0 Å². The Morgan fingerprint density at radius 1 is 1.11 bits per heavy atom. The first-order valence-electron chi connectivity index (χ1n) is 11.5. The van der Waals surface area contributed by atoms with Crippen LogP contribution in [-0.4, -0.2) is 58.3 Å². The number of pyridine rings is 1. The molecule has 3 aromatic rings. The average Bonchev–Trinajstić information content (AvgIpc) is 2.84. The molecule has 4 rings (SSSR count). The number of aromatic nitrogens is 3. The number of nitrogens with two attached hydrogens (primary N) is 2. The Kier molecular flexibility index (Phi) is 7.13. The molecule has 2 aromatic heterocycles. The minimum absolute atomic E-state index is 0.0373. The normalized spacial score (nSPS) is 15.1. The topological polar surface area (TPSA) is 118 Å². The van der Waals surface area contributed by atoms with E-state index >= 15 is 0 Å². The predicted molar refractivity (Wildman–Crippen MR) is 131 cm³/mol. The smallest absolute Gasteiger partial charge is 0.385 e. The maximum absolute atomic E-state index is 12.7. The molecule has 9 nitrogen and oxygen atoms in total. The van der Waals surface area contributed by atoms with E-state index in [1.54, 1.807) is 4.57 Å². The highest BCUT2D eigenvalue weighted by Crippen LogP contribution is 2.24. The first-order chi connectivity index (χ1) is 16.7. The van der Waals surface area contributed by atoms with Crippen molar-refractivity contribution in [3.05, 3.63) is 46.2 Å². The number of halogens is 3. The minimum Gasteiger partial charge on any atom is -0.385 e. The van der Waals surface area contributed by atoms with Crippen LogP contribution in [0.4, 0.5) is 36.3 Å². The van der Waals surface area contributed by atoms with Crippen molar-refractivity contribution in [2.45, 2.75) is 32.6 Å². The number of fused-ring (bicyclic) bond motifs is 1. The van der Waals surface area contributed by atoms with Crippen molar-refractivity contribution in [1.82, 2.24) is 19.4 Å². The lowest BCUT2D eigenvalue weighted by Gasteiger charge is -2.36. The third-order valence-electron chi connectivity index (χ3n) is 6.24. The van der Waals surface area contributed by atoms with Gasteiger partial charge in [0.15, 0.2) is 11.1 Å². The van der Waals surface area contributed by atoms with Gasteiger partial charge < -0.3 is 26.3 Å². The highest BCUT2D eigenvalue weighted by molar-refractivity contribution is 5.79. The summed E-state index contributed by atoms with van der Waals surface area (Å²) < 4.78 is 39.1. The Morgan fingerprint density at radius 3 is 2.40 bits per heavy atom. The Balaban J connectivity index is 1.44. The summed E-state index contributed by atoms with van der Waals surface area (Å²) in [6.07, 6.45) is -3.42. The van der Waals surface area contributed by atoms with Gasteiger partial charge in [-0.2, -0.15) is 18.2 Å². The van der Waals surface area contributed by atoms with Crippen LogP contribution in [0.3, 0.4) is 0 Å². The molecule has 0 bridgehead atoms. The van der Waals surface area contributed by atoms with Gasteiger partial charge in [-0.3, -0.25) is 9.69 Å². The second kappa shape index (κ2) is 10.1. The molecule has 1 fully saturated rings. The van der Waals surface area contributed by atoms with Gasteiger partial charge in [-0.25, -0.2) is 4.98 Å². The summed E-state index contributed by atoms with van der Waals surface area (Å²) in [6, 6.07) is 7.67. The lowest BCUT2D eigenvalue weighted by molar-refractivity contribution is -0.138. The fraction of sp³-hybridized carbons (Fsp3) is 0.435. The zero-order valence-electron chi connectivity index (χ0n) is 19.5. The second-order valence-electron chi connectivity index (χ2n) is 8.44. The van der Waals surface area contributed by atoms with Crippen LogP contribution < -0.4 is 27.1 Å². The molecule has 1 aliphatic rings. The van der Waals surface area contributed by atoms with E-state index in [4.69, 9.17) is 11.5 Å². The zero-order chi connectivity index (χ0) is 25.2. The average molecular weight is 491 g/mol. The van der Waals surface area contributed by atoms with Crippen LogP contribution in [0.5, 0.6) is 0 Å². The molecule has 5 N–H and O–H groups in total. The number of nitrogen functional groups attached to an aromatic ring is 1. The van der Waals surface area contributed by atoms with E-state index < -0.39 is 12.6 Å². The highest BCUT2D eigenvalue weighted by Gasteiger charge is 2.28. The Bertz CT molecular complexity index is 1230. The van der Waals surface area contributed by atoms with Crippen LogP contribution in [0.15, 0.2) is 35.3 Å². The number of alkyl halides is 3. The molecule has 0 spiro atoms. The molecule has 1 aliphatic heterocycles. The molecule has 3 heterocycles. The van der Waals surface area contributed by atoms with Gasteiger partial charge in [0.05, 0.1) is 17.4 Å². The predicted octanol–water partition coefficient (Wildman–Crippen LogP) is 2.67. The van der Waals surface area contributed by atoms with Gasteiger partial charge >= 0.3 is 6.18 Å². The van der Waals surface area contributed by atoms with Crippen LogP contribution in [0.25, 0.3) is 11.0 Å². The van der Waals surface area contributed by atoms with Crippen LogP contribution in [-0.2, 0) is 13.1 Å². The Hall–Kier alpha value is -3.38. The molecule has 188 valence electrons. The van der Waals surface area contributed by atoms with Crippen molar-refractivity contribution in [1.29, 1.82) is 0 Å². The highest BCUT2D eigenvalue weighted by atomic mass is 19.4. The number of nitrogens with one attached hydrogen (secondary N) is 1. The summed E-state index contributed by atoms with van der Waals surface area (Å²) in [5.41, 5.74) is 14.1. The van der Waals surface area contributed by atoms with Crippen molar-refractivity contribution >= 4 is 34.2 Å². The van der Waals surface area contributed by atoms with E-state index in [-0.39, 0.29) is 18.5 Å². The van der Waals surface area contributed by atoms with Crippen LogP contribution in [0.2, 0.25) is 0 Å². The quantitative estimate of drug-likeness (QED) is 0.463. The number of benzene rings is 1. The van der Waals surface area contributed by atoms with Crippen LogP contribution >= 0.6 is 0 Å². The van der Waals surface area contributed by atoms with E-state index in [1.807, 2.05) is 36.1 Å². The number of aryl methyl sites for hydroxylation is 1. The molecule has 0 radical (unpaired) electrons. The van der Waals surface area contributed by atoms with E-state index in [0.717, 1.165) is 11.4 Å².